The lowest BCUT2D eigenvalue weighted by Gasteiger charge is -2.15. The Labute approximate surface area is 148 Å². The standard InChI is InChI=1S/C20H22N4O/c1-5-6-24-20(25)14(3)13(2)18-7-16(9-21)8-19(15(18)4)17-10-22-12-23-11-17/h7-8,10-12H,5-6H2,1-4H3,(H,24,25)/b14-13+. The molecule has 2 aromatic rings. The average Bonchev–Trinajstić information content (AvgIpc) is 2.65. The Bertz CT molecular complexity index is 848. The van der Waals surface area contributed by atoms with Gasteiger partial charge in [0.25, 0.3) is 0 Å². The van der Waals surface area contributed by atoms with Gasteiger partial charge in [-0.1, -0.05) is 6.92 Å². The van der Waals surface area contributed by atoms with Crippen molar-refractivity contribution in [2.75, 3.05) is 6.54 Å². The van der Waals surface area contributed by atoms with E-state index in [1.807, 2.05) is 39.8 Å². The van der Waals surface area contributed by atoms with Gasteiger partial charge in [0.15, 0.2) is 0 Å². The van der Waals surface area contributed by atoms with Gasteiger partial charge < -0.3 is 5.32 Å². The van der Waals surface area contributed by atoms with Crippen LogP contribution in [0.2, 0.25) is 0 Å². The zero-order valence-electron chi connectivity index (χ0n) is 15.1. The summed E-state index contributed by atoms with van der Waals surface area (Å²) in [6, 6.07) is 5.86. The maximum atomic E-state index is 12.3. The molecule has 1 heterocycles. The second-order valence-electron chi connectivity index (χ2n) is 5.94. The van der Waals surface area contributed by atoms with Crippen molar-refractivity contribution in [3.8, 4) is 17.2 Å². The number of carbonyl (C=O) groups excluding carboxylic acids is 1. The first kappa shape index (κ1) is 18.3. The smallest absolute Gasteiger partial charge is 0.247 e. The molecule has 0 spiro atoms. The normalized spacial score (nSPS) is 11.5. The molecule has 0 aliphatic carbocycles. The number of nitriles is 1. The SMILES string of the molecule is CCCNC(=O)/C(C)=C(\C)c1cc(C#N)cc(-c2cncnc2)c1C. The first-order valence-electron chi connectivity index (χ1n) is 8.25. The second kappa shape index (κ2) is 8.20. The molecule has 2 rings (SSSR count). The summed E-state index contributed by atoms with van der Waals surface area (Å²) in [4.78, 5) is 20.4. The molecular weight excluding hydrogens is 312 g/mol. The third-order valence-corrected chi connectivity index (χ3v) is 4.25. The number of benzene rings is 1. The van der Waals surface area contributed by atoms with Crippen molar-refractivity contribution in [3.63, 3.8) is 0 Å². The highest BCUT2D eigenvalue weighted by Gasteiger charge is 2.15. The fourth-order valence-corrected chi connectivity index (χ4v) is 2.65. The van der Waals surface area contributed by atoms with Gasteiger partial charge in [0.05, 0.1) is 11.6 Å². The lowest BCUT2D eigenvalue weighted by atomic mass is 9.90. The maximum absolute atomic E-state index is 12.3. The number of nitrogens with zero attached hydrogens (tertiary/aromatic N) is 3. The van der Waals surface area contributed by atoms with Crippen molar-refractivity contribution in [1.29, 1.82) is 5.26 Å². The van der Waals surface area contributed by atoms with Crippen LogP contribution < -0.4 is 5.32 Å². The molecule has 0 unspecified atom stereocenters. The molecular formula is C20H22N4O. The highest BCUT2D eigenvalue weighted by molar-refractivity contribution is 6.01. The van der Waals surface area contributed by atoms with E-state index in [-0.39, 0.29) is 5.91 Å². The van der Waals surface area contributed by atoms with Crippen LogP contribution in [0.3, 0.4) is 0 Å². The van der Waals surface area contributed by atoms with Crippen molar-refractivity contribution < 1.29 is 4.79 Å². The van der Waals surface area contributed by atoms with E-state index in [1.54, 1.807) is 12.4 Å². The molecule has 0 saturated carbocycles. The Kier molecular flexibility index (Phi) is 6.02. The largest absolute Gasteiger partial charge is 0.352 e. The molecule has 5 nitrogen and oxygen atoms in total. The first-order chi connectivity index (χ1) is 12.0. The Balaban J connectivity index is 2.58. The van der Waals surface area contributed by atoms with Crippen LogP contribution in [0, 0.1) is 18.3 Å². The number of allylic oxidation sites excluding steroid dienone is 1. The Hall–Kier alpha value is -3.00. The number of hydrogen-bond donors (Lipinski definition) is 1. The van der Waals surface area contributed by atoms with Crippen LogP contribution in [0.25, 0.3) is 16.7 Å². The summed E-state index contributed by atoms with van der Waals surface area (Å²) >= 11 is 0. The molecule has 0 fully saturated rings. The number of nitrogens with one attached hydrogen (secondary N) is 1. The van der Waals surface area contributed by atoms with Crippen molar-refractivity contribution in [2.24, 2.45) is 0 Å². The van der Waals surface area contributed by atoms with Crippen LogP contribution in [0.5, 0.6) is 0 Å². The maximum Gasteiger partial charge on any atom is 0.247 e. The van der Waals surface area contributed by atoms with Gasteiger partial charge >= 0.3 is 0 Å². The zero-order chi connectivity index (χ0) is 18.4. The Morgan fingerprint density at radius 1 is 1.24 bits per heavy atom. The summed E-state index contributed by atoms with van der Waals surface area (Å²) in [6.07, 6.45) is 5.81. The third-order valence-electron chi connectivity index (χ3n) is 4.25. The molecule has 128 valence electrons. The van der Waals surface area contributed by atoms with E-state index >= 15 is 0 Å². The molecule has 1 aromatic carbocycles. The number of hydrogen-bond acceptors (Lipinski definition) is 4. The molecule has 1 N–H and O–H groups in total. The van der Waals surface area contributed by atoms with Gasteiger partial charge in [-0.2, -0.15) is 5.26 Å². The van der Waals surface area contributed by atoms with Gasteiger partial charge in [0, 0.05) is 30.1 Å². The number of rotatable bonds is 5. The minimum atomic E-state index is -0.0781. The van der Waals surface area contributed by atoms with Gasteiger partial charge in [0.2, 0.25) is 5.91 Å². The molecule has 0 saturated heterocycles. The zero-order valence-corrected chi connectivity index (χ0v) is 15.1. The van der Waals surface area contributed by atoms with Gasteiger partial charge in [-0.15, -0.1) is 0 Å². The summed E-state index contributed by atoms with van der Waals surface area (Å²) in [5.41, 5.74) is 5.69. The lowest BCUT2D eigenvalue weighted by molar-refractivity contribution is -0.117. The fraction of sp³-hybridized carbons (Fsp3) is 0.300. The first-order valence-corrected chi connectivity index (χ1v) is 8.25. The van der Waals surface area contributed by atoms with Crippen LogP contribution in [-0.4, -0.2) is 22.4 Å². The van der Waals surface area contributed by atoms with Crippen LogP contribution in [-0.2, 0) is 4.79 Å². The molecule has 0 aliphatic rings. The van der Waals surface area contributed by atoms with E-state index in [2.05, 4.69) is 21.4 Å². The molecule has 0 atom stereocenters. The Morgan fingerprint density at radius 3 is 2.52 bits per heavy atom. The molecule has 5 heteroatoms. The van der Waals surface area contributed by atoms with Crippen LogP contribution >= 0.6 is 0 Å². The second-order valence-corrected chi connectivity index (χ2v) is 5.94. The molecule has 25 heavy (non-hydrogen) atoms. The minimum absolute atomic E-state index is 0.0781. The van der Waals surface area contributed by atoms with Gasteiger partial charge in [-0.05, 0) is 61.6 Å². The number of amides is 1. The topological polar surface area (TPSA) is 78.7 Å². The van der Waals surface area contributed by atoms with Crippen molar-refractivity contribution >= 4 is 11.5 Å². The summed E-state index contributed by atoms with van der Waals surface area (Å²) < 4.78 is 0. The average molecular weight is 334 g/mol. The van der Waals surface area contributed by atoms with E-state index < -0.39 is 0 Å². The molecule has 0 radical (unpaired) electrons. The van der Waals surface area contributed by atoms with E-state index in [4.69, 9.17) is 0 Å². The number of carbonyl (C=O) groups is 1. The Morgan fingerprint density at radius 2 is 1.92 bits per heavy atom. The van der Waals surface area contributed by atoms with Gasteiger partial charge in [0.1, 0.15) is 6.33 Å². The molecule has 0 aliphatic heterocycles. The third kappa shape index (κ3) is 4.10. The van der Waals surface area contributed by atoms with Gasteiger partial charge in [-0.25, -0.2) is 9.97 Å². The predicted octanol–water partition coefficient (Wildman–Crippen LogP) is 3.64. The monoisotopic (exact) mass is 334 g/mol. The predicted molar refractivity (Wildman–Crippen MR) is 98.5 cm³/mol. The summed E-state index contributed by atoms with van der Waals surface area (Å²) in [5, 5.41) is 12.3. The minimum Gasteiger partial charge on any atom is -0.352 e. The summed E-state index contributed by atoms with van der Waals surface area (Å²) in [7, 11) is 0. The fourth-order valence-electron chi connectivity index (χ4n) is 2.65. The van der Waals surface area contributed by atoms with Gasteiger partial charge in [-0.3, -0.25) is 4.79 Å². The van der Waals surface area contributed by atoms with E-state index in [0.29, 0.717) is 17.7 Å². The highest BCUT2D eigenvalue weighted by atomic mass is 16.1. The van der Waals surface area contributed by atoms with Crippen molar-refractivity contribution in [2.45, 2.75) is 34.1 Å². The quantitative estimate of drug-likeness (QED) is 0.847. The molecule has 1 amide bonds. The van der Waals surface area contributed by atoms with Crippen molar-refractivity contribution in [3.05, 3.63) is 53.1 Å². The number of aromatic nitrogens is 2. The highest BCUT2D eigenvalue weighted by Crippen LogP contribution is 2.31. The lowest BCUT2D eigenvalue weighted by Crippen LogP contribution is -2.25. The molecule has 0 bridgehead atoms. The van der Waals surface area contributed by atoms with Crippen LogP contribution in [0.15, 0.2) is 36.4 Å². The summed E-state index contributed by atoms with van der Waals surface area (Å²) in [5.74, 6) is -0.0781. The molecule has 1 aromatic heterocycles. The van der Waals surface area contributed by atoms with Crippen LogP contribution in [0.4, 0.5) is 0 Å². The van der Waals surface area contributed by atoms with E-state index in [0.717, 1.165) is 34.2 Å². The van der Waals surface area contributed by atoms with Crippen LogP contribution in [0.1, 0.15) is 43.9 Å². The van der Waals surface area contributed by atoms with E-state index in [9.17, 15) is 10.1 Å². The van der Waals surface area contributed by atoms with E-state index in [1.165, 1.54) is 6.33 Å². The van der Waals surface area contributed by atoms with Crippen molar-refractivity contribution in [1.82, 2.24) is 15.3 Å². The summed E-state index contributed by atoms with van der Waals surface area (Å²) in [6.45, 7) is 8.37.